The molecule has 0 aliphatic rings. The van der Waals surface area contributed by atoms with Crippen LogP contribution in [0.25, 0.3) is 9.88 Å². The maximum absolute atomic E-state index is 12.5. The molecule has 25 heavy (non-hydrogen) atoms. The number of carbonyl (C=O) groups is 1. The Kier molecular flexibility index (Phi) is 5.89. The van der Waals surface area contributed by atoms with Gasteiger partial charge in [0.2, 0.25) is 5.91 Å². The fraction of sp³-hybridized carbons (Fsp3) is 0.263. The number of thiophene rings is 1. The highest BCUT2D eigenvalue weighted by atomic mass is 35.5. The topological polar surface area (TPSA) is 42.0 Å². The summed E-state index contributed by atoms with van der Waals surface area (Å²) in [4.78, 5) is 18.2. The molecule has 3 aromatic rings. The van der Waals surface area contributed by atoms with E-state index in [1.165, 1.54) is 0 Å². The number of thiazole rings is 1. The van der Waals surface area contributed by atoms with Crippen LogP contribution in [0.4, 0.5) is 5.69 Å². The summed E-state index contributed by atoms with van der Waals surface area (Å²) in [6.45, 7) is 4.12. The molecule has 0 saturated carbocycles. The number of nitrogens with zero attached hydrogens (tertiary/aromatic N) is 1. The van der Waals surface area contributed by atoms with Gasteiger partial charge in [-0.2, -0.15) is 0 Å². The zero-order valence-electron chi connectivity index (χ0n) is 14.1. The first-order valence-corrected chi connectivity index (χ1v) is 10.3. The third-order valence-corrected chi connectivity index (χ3v) is 6.25. The highest BCUT2D eigenvalue weighted by Crippen LogP contribution is 2.30. The number of amides is 1. The van der Waals surface area contributed by atoms with Crippen molar-refractivity contribution in [2.24, 2.45) is 0 Å². The predicted molar refractivity (Wildman–Crippen MR) is 108 cm³/mol. The summed E-state index contributed by atoms with van der Waals surface area (Å²) in [6, 6.07) is 7.93. The van der Waals surface area contributed by atoms with E-state index in [0.717, 1.165) is 45.2 Å². The van der Waals surface area contributed by atoms with E-state index in [0.29, 0.717) is 5.02 Å². The lowest BCUT2D eigenvalue weighted by molar-refractivity contribution is -0.115. The molecule has 0 spiro atoms. The summed E-state index contributed by atoms with van der Waals surface area (Å²) in [7, 11) is 0. The first-order valence-electron chi connectivity index (χ1n) is 8.20. The fourth-order valence-electron chi connectivity index (χ4n) is 2.72. The number of benzene rings is 1. The summed E-state index contributed by atoms with van der Waals surface area (Å²) in [5, 5.41) is 8.70. The molecular weight excluding hydrogens is 372 g/mol. The van der Waals surface area contributed by atoms with Crippen LogP contribution in [-0.4, -0.2) is 10.9 Å². The largest absolute Gasteiger partial charge is 0.325 e. The summed E-state index contributed by atoms with van der Waals surface area (Å²) in [5.74, 6) is -0.0605. The minimum absolute atomic E-state index is 0.0605. The third-order valence-electron chi connectivity index (χ3n) is 3.97. The molecule has 2 aromatic heterocycles. The van der Waals surface area contributed by atoms with Crippen molar-refractivity contribution < 1.29 is 4.79 Å². The number of aryl methyl sites for hydroxylation is 1. The zero-order chi connectivity index (χ0) is 17.8. The number of hydrogen-bond acceptors (Lipinski definition) is 4. The fourth-order valence-corrected chi connectivity index (χ4v) is 4.64. The number of hydrogen-bond donors (Lipinski definition) is 1. The second-order valence-electron chi connectivity index (χ2n) is 5.61. The van der Waals surface area contributed by atoms with Crippen LogP contribution in [-0.2, 0) is 24.1 Å². The van der Waals surface area contributed by atoms with Gasteiger partial charge in [-0.3, -0.25) is 4.79 Å². The van der Waals surface area contributed by atoms with Gasteiger partial charge in [-0.25, -0.2) is 4.98 Å². The van der Waals surface area contributed by atoms with Gasteiger partial charge in [0, 0.05) is 16.1 Å². The quantitative estimate of drug-likeness (QED) is 0.575. The van der Waals surface area contributed by atoms with E-state index in [1.807, 2.05) is 41.9 Å². The van der Waals surface area contributed by atoms with E-state index < -0.39 is 0 Å². The molecule has 0 unspecified atom stereocenters. The van der Waals surface area contributed by atoms with Crippen LogP contribution in [0.3, 0.4) is 0 Å². The molecule has 6 heteroatoms. The van der Waals surface area contributed by atoms with Crippen LogP contribution < -0.4 is 5.32 Å². The van der Waals surface area contributed by atoms with E-state index in [1.54, 1.807) is 22.7 Å². The molecule has 0 atom stereocenters. The van der Waals surface area contributed by atoms with Crippen LogP contribution in [0.15, 0.2) is 35.0 Å². The Hall–Kier alpha value is -1.69. The summed E-state index contributed by atoms with van der Waals surface area (Å²) in [6.07, 6.45) is 1.89. The SMILES string of the molecule is CCc1ccc(Cl)c(CC)c1NC(=O)Cc1csc(-c2cccs2)n1. The van der Waals surface area contributed by atoms with Gasteiger partial charge in [0.15, 0.2) is 0 Å². The molecule has 0 radical (unpaired) electrons. The molecule has 0 aliphatic heterocycles. The molecule has 0 fully saturated rings. The lowest BCUT2D eigenvalue weighted by Gasteiger charge is -2.15. The normalized spacial score (nSPS) is 10.8. The van der Waals surface area contributed by atoms with E-state index in [4.69, 9.17) is 11.6 Å². The van der Waals surface area contributed by atoms with Gasteiger partial charge >= 0.3 is 0 Å². The standard InChI is InChI=1S/C19H19ClN2OS2/c1-3-12-7-8-15(20)14(4-2)18(12)22-17(23)10-13-11-25-19(21-13)16-6-5-9-24-16/h5-9,11H,3-4,10H2,1-2H3,(H,22,23). The van der Waals surface area contributed by atoms with Crippen molar-refractivity contribution >= 4 is 45.9 Å². The molecular formula is C19H19ClN2OS2. The highest BCUT2D eigenvalue weighted by molar-refractivity contribution is 7.20. The molecule has 1 aromatic carbocycles. The number of anilines is 1. The molecule has 130 valence electrons. The third kappa shape index (κ3) is 4.11. The Bertz CT molecular complexity index is 872. The average Bonchev–Trinajstić information content (AvgIpc) is 3.26. The minimum Gasteiger partial charge on any atom is -0.325 e. The van der Waals surface area contributed by atoms with Gasteiger partial charge in [-0.05, 0) is 41.5 Å². The van der Waals surface area contributed by atoms with Crippen molar-refractivity contribution in [1.29, 1.82) is 0 Å². The van der Waals surface area contributed by atoms with Crippen LogP contribution in [0.1, 0.15) is 30.7 Å². The first-order chi connectivity index (χ1) is 12.1. The van der Waals surface area contributed by atoms with Crippen LogP contribution in [0.2, 0.25) is 5.02 Å². The molecule has 1 amide bonds. The Morgan fingerprint density at radius 3 is 2.72 bits per heavy atom. The molecule has 3 nitrogen and oxygen atoms in total. The van der Waals surface area contributed by atoms with Crippen molar-refractivity contribution in [3.8, 4) is 9.88 Å². The maximum Gasteiger partial charge on any atom is 0.230 e. The summed E-state index contributed by atoms with van der Waals surface area (Å²) < 4.78 is 0. The molecule has 2 heterocycles. The van der Waals surface area contributed by atoms with Crippen molar-refractivity contribution in [3.63, 3.8) is 0 Å². The Balaban J connectivity index is 1.76. The second-order valence-corrected chi connectivity index (χ2v) is 7.83. The Morgan fingerprint density at radius 1 is 1.20 bits per heavy atom. The Labute approximate surface area is 160 Å². The first kappa shape index (κ1) is 18.1. The van der Waals surface area contributed by atoms with Crippen molar-refractivity contribution in [3.05, 3.63) is 56.9 Å². The highest BCUT2D eigenvalue weighted by Gasteiger charge is 2.15. The Morgan fingerprint density at radius 2 is 2.04 bits per heavy atom. The van der Waals surface area contributed by atoms with E-state index in [9.17, 15) is 4.79 Å². The van der Waals surface area contributed by atoms with Gasteiger partial charge in [-0.15, -0.1) is 22.7 Å². The van der Waals surface area contributed by atoms with Crippen LogP contribution in [0.5, 0.6) is 0 Å². The lowest BCUT2D eigenvalue weighted by Crippen LogP contribution is -2.17. The molecule has 0 bridgehead atoms. The number of nitrogens with one attached hydrogen (secondary N) is 1. The van der Waals surface area contributed by atoms with Gasteiger partial charge < -0.3 is 5.32 Å². The monoisotopic (exact) mass is 390 g/mol. The van der Waals surface area contributed by atoms with Gasteiger partial charge in [0.1, 0.15) is 5.01 Å². The van der Waals surface area contributed by atoms with Crippen molar-refractivity contribution in [1.82, 2.24) is 4.98 Å². The molecule has 3 rings (SSSR count). The van der Waals surface area contributed by atoms with Crippen LogP contribution in [0, 0.1) is 0 Å². The number of aromatic nitrogens is 1. The van der Waals surface area contributed by atoms with Crippen molar-refractivity contribution in [2.75, 3.05) is 5.32 Å². The van der Waals surface area contributed by atoms with Crippen molar-refractivity contribution in [2.45, 2.75) is 33.1 Å². The van der Waals surface area contributed by atoms with E-state index in [-0.39, 0.29) is 12.3 Å². The van der Waals surface area contributed by atoms with Gasteiger partial charge in [-0.1, -0.05) is 37.6 Å². The van der Waals surface area contributed by atoms with Gasteiger partial charge in [0.05, 0.1) is 17.0 Å². The molecule has 0 saturated heterocycles. The smallest absolute Gasteiger partial charge is 0.230 e. The zero-order valence-corrected chi connectivity index (χ0v) is 16.5. The lowest BCUT2D eigenvalue weighted by atomic mass is 10.0. The number of carbonyl (C=O) groups excluding carboxylic acids is 1. The number of halogens is 1. The van der Waals surface area contributed by atoms with E-state index >= 15 is 0 Å². The average molecular weight is 391 g/mol. The van der Waals surface area contributed by atoms with E-state index in [2.05, 4.69) is 17.2 Å². The van der Waals surface area contributed by atoms with Crippen LogP contribution >= 0.6 is 34.3 Å². The maximum atomic E-state index is 12.5. The van der Waals surface area contributed by atoms with Gasteiger partial charge in [0.25, 0.3) is 0 Å². The predicted octanol–water partition coefficient (Wildman–Crippen LogP) is 5.83. The minimum atomic E-state index is -0.0605. The molecule has 0 aliphatic carbocycles. The second kappa shape index (κ2) is 8.13. The molecule has 1 N–H and O–H groups in total. The number of rotatable bonds is 6. The summed E-state index contributed by atoms with van der Waals surface area (Å²) in [5.41, 5.74) is 3.75. The summed E-state index contributed by atoms with van der Waals surface area (Å²) >= 11 is 9.53.